The van der Waals surface area contributed by atoms with E-state index in [2.05, 4.69) is 24.8 Å². The van der Waals surface area contributed by atoms with Crippen molar-refractivity contribution in [2.45, 2.75) is 58.9 Å². The molecule has 0 amide bonds. The first kappa shape index (κ1) is 20.4. The van der Waals surface area contributed by atoms with Gasteiger partial charge in [0.25, 0.3) is 0 Å². The van der Waals surface area contributed by atoms with Gasteiger partial charge in [0.05, 0.1) is 19.3 Å². The summed E-state index contributed by atoms with van der Waals surface area (Å²) in [4.78, 5) is 2.44. The Hall–Kier alpha value is -1.87. The van der Waals surface area contributed by atoms with E-state index in [-0.39, 0.29) is 0 Å². The SMILES string of the molecule is CC[C@H]1CCCc2cc3c(c(C)c2CC1)N(Cc1cc(Cl)ccc1OC)CCO3. The van der Waals surface area contributed by atoms with Crippen LogP contribution in [0.3, 0.4) is 0 Å². The molecule has 0 spiro atoms. The standard InChI is InChI=1S/C25H32ClNO2/c1-4-18-6-5-7-19-15-24-25(17(2)22(19)10-8-18)27(12-13-29-24)16-20-14-21(26)9-11-23(20)28-3/h9,11,14-15,18H,4-8,10,12-13,16H2,1-3H3/t18-/m0/s1. The number of hydrogen-bond acceptors (Lipinski definition) is 3. The lowest BCUT2D eigenvalue weighted by Crippen LogP contribution is -2.33. The second-order valence-corrected chi connectivity index (χ2v) is 8.85. The number of methoxy groups -OCH3 is 1. The van der Waals surface area contributed by atoms with Crippen LogP contribution in [0.25, 0.3) is 0 Å². The highest BCUT2D eigenvalue weighted by Crippen LogP contribution is 2.42. The van der Waals surface area contributed by atoms with Crippen LogP contribution < -0.4 is 14.4 Å². The molecule has 3 nitrogen and oxygen atoms in total. The van der Waals surface area contributed by atoms with E-state index in [1.807, 2.05) is 18.2 Å². The smallest absolute Gasteiger partial charge is 0.143 e. The fourth-order valence-electron chi connectivity index (χ4n) is 5.05. The van der Waals surface area contributed by atoms with Crippen molar-refractivity contribution in [3.05, 3.63) is 51.5 Å². The van der Waals surface area contributed by atoms with E-state index in [0.29, 0.717) is 6.61 Å². The first-order chi connectivity index (χ1) is 14.1. The number of benzene rings is 2. The van der Waals surface area contributed by atoms with Gasteiger partial charge in [0, 0.05) is 17.1 Å². The minimum atomic E-state index is 0.714. The van der Waals surface area contributed by atoms with Crippen LogP contribution in [0.1, 0.15) is 54.9 Å². The minimum absolute atomic E-state index is 0.714. The van der Waals surface area contributed by atoms with Gasteiger partial charge in [0.15, 0.2) is 0 Å². The van der Waals surface area contributed by atoms with Crippen molar-refractivity contribution in [2.24, 2.45) is 5.92 Å². The number of rotatable bonds is 4. The Bertz CT molecular complexity index is 880. The lowest BCUT2D eigenvalue weighted by molar-refractivity contribution is 0.305. The molecule has 1 heterocycles. The maximum atomic E-state index is 6.28. The van der Waals surface area contributed by atoms with Crippen LogP contribution >= 0.6 is 11.6 Å². The molecule has 0 aromatic heterocycles. The number of halogens is 1. The Labute approximate surface area is 180 Å². The third-order valence-corrected chi connectivity index (χ3v) is 6.95. The maximum Gasteiger partial charge on any atom is 0.143 e. The number of nitrogens with zero attached hydrogens (tertiary/aromatic N) is 1. The van der Waals surface area contributed by atoms with Crippen LogP contribution in [-0.4, -0.2) is 20.3 Å². The van der Waals surface area contributed by atoms with Crippen molar-refractivity contribution in [1.82, 2.24) is 0 Å². The molecule has 2 aromatic carbocycles. The molecule has 0 radical (unpaired) electrons. The number of fused-ring (bicyclic) bond motifs is 2. The first-order valence-corrected chi connectivity index (χ1v) is 11.3. The van der Waals surface area contributed by atoms with Crippen LogP contribution in [-0.2, 0) is 19.4 Å². The van der Waals surface area contributed by atoms with Crippen molar-refractivity contribution >= 4 is 17.3 Å². The molecule has 0 fully saturated rings. The summed E-state index contributed by atoms with van der Waals surface area (Å²) >= 11 is 6.28. The lowest BCUT2D eigenvalue weighted by atomic mass is 9.83. The Morgan fingerprint density at radius 1 is 1.21 bits per heavy atom. The first-order valence-electron chi connectivity index (χ1n) is 11.0. The Morgan fingerprint density at radius 2 is 2.07 bits per heavy atom. The summed E-state index contributed by atoms with van der Waals surface area (Å²) < 4.78 is 11.7. The Morgan fingerprint density at radius 3 is 2.86 bits per heavy atom. The molecule has 0 bridgehead atoms. The number of ether oxygens (including phenoxy) is 2. The van der Waals surface area contributed by atoms with E-state index < -0.39 is 0 Å². The molecule has 0 N–H and O–H groups in total. The van der Waals surface area contributed by atoms with Gasteiger partial charge in [-0.15, -0.1) is 0 Å². The number of aryl methyl sites for hydroxylation is 1. The van der Waals surface area contributed by atoms with Crippen LogP contribution in [0.4, 0.5) is 5.69 Å². The van der Waals surface area contributed by atoms with Gasteiger partial charge in [-0.2, -0.15) is 0 Å². The highest BCUT2D eigenvalue weighted by molar-refractivity contribution is 6.30. The van der Waals surface area contributed by atoms with Crippen molar-refractivity contribution < 1.29 is 9.47 Å². The molecule has 0 saturated heterocycles. The van der Waals surface area contributed by atoms with E-state index >= 15 is 0 Å². The molecule has 4 rings (SSSR count). The summed E-state index contributed by atoms with van der Waals surface area (Å²) in [5, 5.41) is 0.745. The second kappa shape index (κ2) is 8.87. The zero-order valence-corrected chi connectivity index (χ0v) is 18.6. The summed E-state index contributed by atoms with van der Waals surface area (Å²) in [6.07, 6.45) is 7.59. The number of hydrogen-bond donors (Lipinski definition) is 0. The summed E-state index contributed by atoms with van der Waals surface area (Å²) in [7, 11) is 1.72. The average molecular weight is 414 g/mol. The zero-order valence-electron chi connectivity index (χ0n) is 17.9. The van der Waals surface area contributed by atoms with Gasteiger partial charge in [-0.3, -0.25) is 0 Å². The normalized spacial score (nSPS) is 18.9. The molecule has 1 aliphatic heterocycles. The topological polar surface area (TPSA) is 21.7 Å². The van der Waals surface area contributed by atoms with Crippen LogP contribution in [0, 0.1) is 12.8 Å². The molecule has 2 aromatic rings. The minimum Gasteiger partial charge on any atom is -0.496 e. The molecule has 1 atom stereocenters. The lowest BCUT2D eigenvalue weighted by Gasteiger charge is -2.35. The van der Waals surface area contributed by atoms with E-state index in [0.717, 1.165) is 41.1 Å². The summed E-state index contributed by atoms with van der Waals surface area (Å²) in [5.74, 6) is 2.79. The summed E-state index contributed by atoms with van der Waals surface area (Å²) in [6, 6.07) is 8.18. The van der Waals surface area contributed by atoms with E-state index in [1.165, 1.54) is 55.3 Å². The highest BCUT2D eigenvalue weighted by Gasteiger charge is 2.26. The third kappa shape index (κ3) is 4.21. The molecular weight excluding hydrogens is 382 g/mol. The summed E-state index contributed by atoms with van der Waals surface area (Å²) in [5.41, 5.74) is 6.82. The predicted octanol–water partition coefficient (Wildman–Crippen LogP) is 6.35. The number of anilines is 1. The van der Waals surface area contributed by atoms with Crippen LogP contribution in [0.2, 0.25) is 5.02 Å². The third-order valence-electron chi connectivity index (χ3n) is 6.71. The van der Waals surface area contributed by atoms with Gasteiger partial charge in [-0.05, 0) is 79.5 Å². The molecule has 2 aliphatic rings. The van der Waals surface area contributed by atoms with Crippen molar-refractivity contribution in [3.63, 3.8) is 0 Å². The quantitative estimate of drug-likeness (QED) is 0.582. The average Bonchev–Trinajstić information content (AvgIpc) is 2.70. The van der Waals surface area contributed by atoms with Gasteiger partial charge in [0.1, 0.15) is 18.1 Å². The molecule has 0 saturated carbocycles. The van der Waals surface area contributed by atoms with E-state index in [9.17, 15) is 0 Å². The molecule has 29 heavy (non-hydrogen) atoms. The molecular formula is C25H32ClNO2. The van der Waals surface area contributed by atoms with Gasteiger partial charge in [-0.25, -0.2) is 0 Å². The van der Waals surface area contributed by atoms with Crippen molar-refractivity contribution in [2.75, 3.05) is 25.2 Å². The van der Waals surface area contributed by atoms with E-state index in [4.69, 9.17) is 21.1 Å². The largest absolute Gasteiger partial charge is 0.496 e. The zero-order chi connectivity index (χ0) is 20.4. The van der Waals surface area contributed by atoms with Crippen molar-refractivity contribution in [3.8, 4) is 11.5 Å². The van der Waals surface area contributed by atoms with Crippen molar-refractivity contribution in [1.29, 1.82) is 0 Å². The monoisotopic (exact) mass is 413 g/mol. The molecule has 0 unspecified atom stereocenters. The van der Waals surface area contributed by atoms with Gasteiger partial charge >= 0.3 is 0 Å². The fraction of sp³-hybridized carbons (Fsp3) is 0.520. The van der Waals surface area contributed by atoms with Gasteiger partial charge in [0.2, 0.25) is 0 Å². The van der Waals surface area contributed by atoms with E-state index in [1.54, 1.807) is 12.7 Å². The fourth-order valence-corrected chi connectivity index (χ4v) is 5.25. The predicted molar refractivity (Wildman–Crippen MR) is 121 cm³/mol. The van der Waals surface area contributed by atoms with Crippen LogP contribution in [0.5, 0.6) is 11.5 Å². The molecule has 4 heteroatoms. The highest BCUT2D eigenvalue weighted by atomic mass is 35.5. The van der Waals surface area contributed by atoms with Gasteiger partial charge in [-0.1, -0.05) is 31.4 Å². The maximum absolute atomic E-state index is 6.28. The molecule has 156 valence electrons. The second-order valence-electron chi connectivity index (χ2n) is 8.42. The van der Waals surface area contributed by atoms with Crippen LogP contribution in [0.15, 0.2) is 24.3 Å². The summed E-state index contributed by atoms with van der Waals surface area (Å²) in [6.45, 7) is 6.99. The van der Waals surface area contributed by atoms with Gasteiger partial charge < -0.3 is 14.4 Å². The molecule has 1 aliphatic carbocycles. The Balaban J connectivity index is 1.70. The Kier molecular flexibility index (Phi) is 6.24.